The smallest absolute Gasteiger partial charge is 0.309 e. The minimum atomic E-state index is -0.224. The summed E-state index contributed by atoms with van der Waals surface area (Å²) in [6.45, 7) is 3.85. The molecule has 0 amide bonds. The summed E-state index contributed by atoms with van der Waals surface area (Å²) in [7, 11) is 0. The molecule has 0 bridgehead atoms. The van der Waals surface area contributed by atoms with E-state index in [0.29, 0.717) is 6.42 Å². The Labute approximate surface area is 158 Å². The molecule has 2 unspecified atom stereocenters. The van der Waals surface area contributed by atoms with Gasteiger partial charge in [0.15, 0.2) is 0 Å². The molecule has 2 aromatic rings. The summed E-state index contributed by atoms with van der Waals surface area (Å²) in [6, 6.07) is 7.72. The first-order chi connectivity index (χ1) is 13.2. The van der Waals surface area contributed by atoms with Crippen LogP contribution in [0.25, 0.3) is 11.1 Å². The number of hydrogen-bond acceptors (Lipinski definition) is 6. The molecule has 6 heteroatoms. The van der Waals surface area contributed by atoms with Crippen molar-refractivity contribution < 1.29 is 9.53 Å². The van der Waals surface area contributed by atoms with Crippen molar-refractivity contribution in [2.45, 2.75) is 32.8 Å². The minimum absolute atomic E-state index is 0.0751. The lowest BCUT2D eigenvalue weighted by atomic mass is 10.1. The number of nitrogens with zero attached hydrogens (tertiary/aromatic N) is 4. The van der Waals surface area contributed by atoms with Crippen LogP contribution in [0.15, 0.2) is 77.1 Å². The van der Waals surface area contributed by atoms with E-state index >= 15 is 0 Å². The van der Waals surface area contributed by atoms with Crippen molar-refractivity contribution >= 4 is 11.7 Å². The van der Waals surface area contributed by atoms with Crippen molar-refractivity contribution in [3.05, 3.63) is 66.9 Å². The molecule has 0 N–H and O–H groups in total. The van der Waals surface area contributed by atoms with Gasteiger partial charge < -0.3 is 4.74 Å². The summed E-state index contributed by atoms with van der Waals surface area (Å²) in [6.07, 6.45) is 11.8. The Balaban J connectivity index is 1.56. The van der Waals surface area contributed by atoms with Gasteiger partial charge in [-0.25, -0.2) is 9.97 Å². The van der Waals surface area contributed by atoms with Crippen molar-refractivity contribution in [3.8, 4) is 11.1 Å². The van der Waals surface area contributed by atoms with Crippen LogP contribution in [-0.2, 0) is 9.53 Å². The Bertz CT molecular complexity index is 858. The van der Waals surface area contributed by atoms with E-state index in [1.807, 2.05) is 56.3 Å². The number of aromatic nitrogens is 2. The topological polar surface area (TPSA) is 76.8 Å². The second-order valence-electron chi connectivity index (χ2n) is 6.38. The summed E-state index contributed by atoms with van der Waals surface area (Å²) < 4.78 is 5.46. The van der Waals surface area contributed by atoms with Crippen LogP contribution in [0.2, 0.25) is 0 Å². The van der Waals surface area contributed by atoms with Gasteiger partial charge in [0.05, 0.1) is 17.3 Å². The fourth-order valence-corrected chi connectivity index (χ4v) is 2.47. The highest BCUT2D eigenvalue weighted by atomic mass is 16.5. The van der Waals surface area contributed by atoms with Crippen LogP contribution in [0.5, 0.6) is 0 Å². The second-order valence-corrected chi connectivity index (χ2v) is 6.38. The van der Waals surface area contributed by atoms with E-state index in [-0.39, 0.29) is 18.0 Å². The standard InChI is InChI=1S/C21H22N4O2/c1-3-15(2)21(26)27-20-10-8-19(9-11-20)25-24-18-6-4-16(5-7-18)17-12-22-14-23-13-17/h4-10,12-15,20H,3,11H2,1-2H3. The first-order valence-corrected chi connectivity index (χ1v) is 9.01. The van der Waals surface area contributed by atoms with E-state index in [9.17, 15) is 4.79 Å². The van der Waals surface area contributed by atoms with E-state index in [1.54, 1.807) is 12.4 Å². The van der Waals surface area contributed by atoms with Gasteiger partial charge in [-0.05, 0) is 36.3 Å². The van der Waals surface area contributed by atoms with Crippen molar-refractivity contribution in [2.24, 2.45) is 16.1 Å². The number of azo groups is 1. The summed E-state index contributed by atoms with van der Waals surface area (Å²) >= 11 is 0. The molecule has 0 aliphatic heterocycles. The van der Waals surface area contributed by atoms with Gasteiger partial charge in [0, 0.05) is 24.4 Å². The molecule has 27 heavy (non-hydrogen) atoms. The average Bonchev–Trinajstić information content (AvgIpc) is 2.73. The molecular formula is C21H22N4O2. The summed E-state index contributed by atoms with van der Waals surface area (Å²) in [5.74, 6) is -0.233. The van der Waals surface area contributed by atoms with Gasteiger partial charge >= 0.3 is 5.97 Å². The first-order valence-electron chi connectivity index (χ1n) is 9.01. The summed E-state index contributed by atoms with van der Waals surface area (Å²) in [4.78, 5) is 19.9. The number of carbonyl (C=O) groups is 1. The highest BCUT2D eigenvalue weighted by Gasteiger charge is 2.17. The molecule has 1 aromatic carbocycles. The van der Waals surface area contributed by atoms with Gasteiger partial charge in [0.1, 0.15) is 12.4 Å². The molecule has 1 aliphatic rings. The van der Waals surface area contributed by atoms with E-state index in [2.05, 4.69) is 20.2 Å². The fraction of sp³-hybridized carbons (Fsp3) is 0.286. The number of hydrogen-bond donors (Lipinski definition) is 0. The number of allylic oxidation sites excluding steroid dienone is 1. The van der Waals surface area contributed by atoms with Crippen LogP contribution in [0.4, 0.5) is 5.69 Å². The zero-order valence-electron chi connectivity index (χ0n) is 15.4. The fourth-order valence-electron chi connectivity index (χ4n) is 2.47. The number of benzene rings is 1. The highest BCUT2D eigenvalue weighted by Crippen LogP contribution is 2.23. The minimum Gasteiger partial charge on any atom is -0.458 e. The first kappa shape index (κ1) is 18.6. The number of ether oxygens (including phenoxy) is 1. The van der Waals surface area contributed by atoms with Crippen molar-refractivity contribution in [3.63, 3.8) is 0 Å². The lowest BCUT2D eigenvalue weighted by molar-refractivity contribution is -0.151. The molecule has 6 nitrogen and oxygen atoms in total. The van der Waals surface area contributed by atoms with Gasteiger partial charge in [0.25, 0.3) is 0 Å². The molecule has 1 aliphatic carbocycles. The van der Waals surface area contributed by atoms with Crippen LogP contribution in [0, 0.1) is 5.92 Å². The molecular weight excluding hydrogens is 340 g/mol. The van der Waals surface area contributed by atoms with Crippen LogP contribution in [-0.4, -0.2) is 22.0 Å². The van der Waals surface area contributed by atoms with E-state index in [0.717, 1.165) is 28.9 Å². The third-order valence-corrected chi connectivity index (χ3v) is 4.37. The molecule has 0 fully saturated rings. The quantitative estimate of drug-likeness (QED) is 0.533. The zero-order chi connectivity index (χ0) is 19.1. The highest BCUT2D eigenvalue weighted by molar-refractivity contribution is 5.72. The molecule has 2 atom stereocenters. The van der Waals surface area contributed by atoms with E-state index < -0.39 is 0 Å². The Morgan fingerprint density at radius 3 is 2.56 bits per heavy atom. The largest absolute Gasteiger partial charge is 0.458 e. The van der Waals surface area contributed by atoms with Crippen LogP contribution >= 0.6 is 0 Å². The zero-order valence-corrected chi connectivity index (χ0v) is 15.4. The summed E-state index contributed by atoms with van der Waals surface area (Å²) in [5, 5.41) is 8.51. The molecule has 0 saturated carbocycles. The van der Waals surface area contributed by atoms with Gasteiger partial charge in [-0.3, -0.25) is 4.79 Å². The van der Waals surface area contributed by atoms with Gasteiger partial charge in [0.2, 0.25) is 0 Å². The Hall–Kier alpha value is -3.15. The average molecular weight is 362 g/mol. The normalized spacial score (nSPS) is 17.6. The van der Waals surface area contributed by atoms with E-state index in [1.165, 1.54) is 6.33 Å². The molecule has 1 heterocycles. The maximum absolute atomic E-state index is 11.8. The third kappa shape index (κ3) is 5.17. The molecule has 0 saturated heterocycles. The SMILES string of the molecule is CCC(C)C(=O)OC1C=CC(N=Nc2ccc(-c3cncnc3)cc2)=CC1. The maximum Gasteiger partial charge on any atom is 0.309 e. The van der Waals surface area contributed by atoms with Crippen LogP contribution in [0.3, 0.4) is 0 Å². The lowest BCUT2D eigenvalue weighted by Crippen LogP contribution is -2.21. The predicted octanol–water partition coefficient (Wildman–Crippen LogP) is 5.03. The van der Waals surface area contributed by atoms with Crippen molar-refractivity contribution in [2.75, 3.05) is 0 Å². The van der Waals surface area contributed by atoms with Crippen LogP contribution < -0.4 is 0 Å². The molecule has 0 spiro atoms. The number of rotatable bonds is 6. The molecule has 3 rings (SSSR count). The number of carbonyl (C=O) groups excluding carboxylic acids is 1. The third-order valence-electron chi connectivity index (χ3n) is 4.37. The lowest BCUT2D eigenvalue weighted by Gasteiger charge is -2.17. The molecule has 138 valence electrons. The maximum atomic E-state index is 11.8. The van der Waals surface area contributed by atoms with Gasteiger partial charge in [-0.1, -0.05) is 32.1 Å². The van der Waals surface area contributed by atoms with Crippen LogP contribution in [0.1, 0.15) is 26.7 Å². The van der Waals surface area contributed by atoms with E-state index in [4.69, 9.17) is 4.74 Å². The molecule has 0 radical (unpaired) electrons. The Morgan fingerprint density at radius 1 is 1.19 bits per heavy atom. The molecule has 1 aromatic heterocycles. The van der Waals surface area contributed by atoms with Crippen molar-refractivity contribution in [1.82, 2.24) is 9.97 Å². The second kappa shape index (κ2) is 8.98. The Kier molecular flexibility index (Phi) is 6.20. The number of esters is 1. The predicted molar refractivity (Wildman–Crippen MR) is 103 cm³/mol. The summed E-state index contributed by atoms with van der Waals surface area (Å²) in [5.41, 5.74) is 3.50. The monoisotopic (exact) mass is 362 g/mol. The van der Waals surface area contributed by atoms with Gasteiger partial charge in [-0.15, -0.1) is 0 Å². The van der Waals surface area contributed by atoms with Gasteiger partial charge in [-0.2, -0.15) is 10.2 Å². The van der Waals surface area contributed by atoms with Crippen molar-refractivity contribution in [1.29, 1.82) is 0 Å². The Morgan fingerprint density at radius 2 is 1.93 bits per heavy atom.